The Kier molecular flexibility index (Phi) is 8.26. The number of anilines is 1. The zero-order valence-electron chi connectivity index (χ0n) is 13.0. The fourth-order valence-corrected chi connectivity index (χ4v) is 2.01. The van der Waals surface area contributed by atoms with Gasteiger partial charge in [-0.2, -0.15) is 0 Å². The van der Waals surface area contributed by atoms with Gasteiger partial charge in [0.15, 0.2) is 0 Å². The van der Waals surface area contributed by atoms with Crippen molar-refractivity contribution in [2.75, 3.05) is 39.2 Å². The normalized spacial score (nSPS) is 11.4. The second-order valence-corrected chi connectivity index (χ2v) is 5.22. The molecule has 0 atom stereocenters. The number of nitrogens with zero attached hydrogens (tertiary/aromatic N) is 1. The molecule has 114 valence electrons. The van der Waals surface area contributed by atoms with Crippen molar-refractivity contribution in [1.82, 2.24) is 4.90 Å². The average Bonchev–Trinajstić information content (AvgIpc) is 2.43. The number of rotatable bonds is 10. The van der Waals surface area contributed by atoms with Crippen molar-refractivity contribution in [3.63, 3.8) is 0 Å². The van der Waals surface area contributed by atoms with Crippen LogP contribution in [0.2, 0.25) is 0 Å². The highest BCUT2D eigenvalue weighted by Gasteiger charge is 2.11. The highest BCUT2D eigenvalue weighted by molar-refractivity contribution is 5.46. The molecule has 20 heavy (non-hydrogen) atoms. The molecule has 0 amide bonds. The van der Waals surface area contributed by atoms with E-state index in [4.69, 9.17) is 15.2 Å². The van der Waals surface area contributed by atoms with Crippen molar-refractivity contribution in [2.45, 2.75) is 32.9 Å². The van der Waals surface area contributed by atoms with Gasteiger partial charge in [-0.1, -0.05) is 18.2 Å². The van der Waals surface area contributed by atoms with Crippen molar-refractivity contribution in [3.8, 4) is 0 Å². The third-order valence-electron chi connectivity index (χ3n) is 3.32. The second-order valence-electron chi connectivity index (χ2n) is 5.22. The molecule has 0 aliphatic rings. The van der Waals surface area contributed by atoms with Gasteiger partial charge in [0.2, 0.25) is 0 Å². The molecule has 0 saturated carbocycles. The smallest absolute Gasteiger partial charge is 0.0593 e. The van der Waals surface area contributed by atoms with E-state index in [0.717, 1.165) is 45.0 Å². The highest BCUT2D eigenvalue weighted by Crippen LogP contribution is 2.14. The minimum absolute atomic E-state index is 0.470. The lowest BCUT2D eigenvalue weighted by atomic mass is 10.1. The zero-order valence-corrected chi connectivity index (χ0v) is 13.0. The number of hydrogen-bond acceptors (Lipinski definition) is 4. The number of methoxy groups -OCH3 is 1. The second kappa shape index (κ2) is 9.75. The molecule has 0 radical (unpaired) electrons. The first-order valence-corrected chi connectivity index (χ1v) is 7.29. The highest BCUT2D eigenvalue weighted by atomic mass is 16.5. The van der Waals surface area contributed by atoms with Crippen molar-refractivity contribution < 1.29 is 9.47 Å². The van der Waals surface area contributed by atoms with Gasteiger partial charge in [-0.3, -0.25) is 4.90 Å². The first kappa shape index (κ1) is 17.0. The molecule has 2 N–H and O–H groups in total. The number of benzene rings is 1. The minimum Gasteiger partial charge on any atom is -0.398 e. The van der Waals surface area contributed by atoms with Crippen molar-refractivity contribution in [1.29, 1.82) is 0 Å². The maximum atomic E-state index is 6.01. The Morgan fingerprint density at radius 3 is 2.55 bits per heavy atom. The average molecular weight is 280 g/mol. The quantitative estimate of drug-likeness (QED) is 0.528. The fraction of sp³-hybridized carbons (Fsp3) is 0.625. The molecule has 0 aliphatic heterocycles. The van der Waals surface area contributed by atoms with Gasteiger partial charge >= 0.3 is 0 Å². The molecule has 0 saturated heterocycles. The van der Waals surface area contributed by atoms with Crippen molar-refractivity contribution >= 4 is 5.69 Å². The molecule has 0 fully saturated rings. The van der Waals surface area contributed by atoms with Gasteiger partial charge in [0.05, 0.1) is 6.61 Å². The topological polar surface area (TPSA) is 47.7 Å². The Morgan fingerprint density at radius 1 is 1.15 bits per heavy atom. The molecule has 0 heterocycles. The number of nitrogens with two attached hydrogens (primary N) is 1. The zero-order chi connectivity index (χ0) is 14.8. The van der Waals surface area contributed by atoms with Crippen LogP contribution in [0.4, 0.5) is 5.69 Å². The van der Waals surface area contributed by atoms with Crippen LogP contribution in [0.3, 0.4) is 0 Å². The molecule has 4 nitrogen and oxygen atoms in total. The first-order chi connectivity index (χ1) is 9.65. The summed E-state index contributed by atoms with van der Waals surface area (Å²) in [5.41, 5.74) is 8.05. The summed E-state index contributed by atoms with van der Waals surface area (Å²) in [5, 5.41) is 0. The van der Waals surface area contributed by atoms with Crippen LogP contribution in [0.25, 0.3) is 0 Å². The summed E-state index contributed by atoms with van der Waals surface area (Å²) in [6.07, 6.45) is 0.948. The molecule has 1 rings (SSSR count). The van der Waals surface area contributed by atoms with E-state index in [0.29, 0.717) is 6.04 Å². The number of ether oxygens (including phenoxy) is 2. The summed E-state index contributed by atoms with van der Waals surface area (Å²) < 4.78 is 10.6. The summed E-state index contributed by atoms with van der Waals surface area (Å²) in [4.78, 5) is 2.38. The van der Waals surface area contributed by atoms with Gasteiger partial charge in [0.25, 0.3) is 0 Å². The molecular formula is C16H28N2O2. The Morgan fingerprint density at radius 2 is 1.90 bits per heavy atom. The van der Waals surface area contributed by atoms with Crippen LogP contribution in [-0.2, 0) is 16.0 Å². The monoisotopic (exact) mass is 280 g/mol. The number of nitrogen functional groups attached to an aromatic ring is 1. The molecule has 0 aromatic heterocycles. The van der Waals surface area contributed by atoms with Crippen LogP contribution in [0.1, 0.15) is 25.8 Å². The predicted octanol–water partition coefficient (Wildman–Crippen LogP) is 2.53. The molecule has 4 heteroatoms. The summed E-state index contributed by atoms with van der Waals surface area (Å²) in [5.74, 6) is 0. The SMILES string of the molecule is COCCCOCCN(Cc1ccccc1N)C(C)C. The molecule has 1 aromatic rings. The van der Waals surface area contributed by atoms with Crippen LogP contribution in [0, 0.1) is 0 Å². The van der Waals surface area contributed by atoms with E-state index in [9.17, 15) is 0 Å². The van der Waals surface area contributed by atoms with Crippen LogP contribution in [0.15, 0.2) is 24.3 Å². The van der Waals surface area contributed by atoms with Gasteiger partial charge in [0, 0.05) is 45.1 Å². The summed E-state index contributed by atoms with van der Waals surface area (Å²) in [6, 6.07) is 8.51. The lowest BCUT2D eigenvalue weighted by Crippen LogP contribution is -2.33. The van der Waals surface area contributed by atoms with E-state index in [1.807, 2.05) is 18.2 Å². The van der Waals surface area contributed by atoms with E-state index in [2.05, 4.69) is 24.8 Å². The van der Waals surface area contributed by atoms with E-state index in [-0.39, 0.29) is 0 Å². The third kappa shape index (κ3) is 6.37. The van der Waals surface area contributed by atoms with E-state index < -0.39 is 0 Å². The lowest BCUT2D eigenvalue weighted by Gasteiger charge is -2.27. The van der Waals surface area contributed by atoms with Crippen LogP contribution in [0.5, 0.6) is 0 Å². The van der Waals surface area contributed by atoms with Crippen molar-refractivity contribution in [2.24, 2.45) is 0 Å². The van der Waals surface area contributed by atoms with Crippen LogP contribution >= 0.6 is 0 Å². The molecule has 1 aromatic carbocycles. The van der Waals surface area contributed by atoms with E-state index in [1.54, 1.807) is 7.11 Å². The Labute approximate surface area is 122 Å². The maximum Gasteiger partial charge on any atom is 0.0593 e. The molecule has 0 bridgehead atoms. The van der Waals surface area contributed by atoms with E-state index >= 15 is 0 Å². The maximum absolute atomic E-state index is 6.01. The first-order valence-electron chi connectivity index (χ1n) is 7.29. The fourth-order valence-electron chi connectivity index (χ4n) is 2.01. The summed E-state index contributed by atoms with van der Waals surface area (Å²) in [7, 11) is 1.71. The minimum atomic E-state index is 0.470. The van der Waals surface area contributed by atoms with E-state index in [1.165, 1.54) is 5.56 Å². The summed E-state index contributed by atoms with van der Waals surface area (Å²) >= 11 is 0. The largest absolute Gasteiger partial charge is 0.398 e. The van der Waals surface area contributed by atoms with Crippen LogP contribution in [-0.4, -0.2) is 44.4 Å². The Bertz CT molecular complexity index is 369. The van der Waals surface area contributed by atoms with Crippen LogP contribution < -0.4 is 5.73 Å². The molecule has 0 aliphatic carbocycles. The van der Waals surface area contributed by atoms with Gasteiger partial charge in [-0.05, 0) is 31.9 Å². The molecule has 0 spiro atoms. The van der Waals surface area contributed by atoms with Crippen molar-refractivity contribution in [3.05, 3.63) is 29.8 Å². The Hall–Kier alpha value is -1.10. The van der Waals surface area contributed by atoms with Gasteiger partial charge in [-0.15, -0.1) is 0 Å². The Balaban J connectivity index is 2.36. The molecule has 0 unspecified atom stereocenters. The lowest BCUT2D eigenvalue weighted by molar-refractivity contribution is 0.0740. The van der Waals surface area contributed by atoms with Gasteiger partial charge in [0.1, 0.15) is 0 Å². The predicted molar refractivity (Wildman–Crippen MR) is 83.7 cm³/mol. The number of para-hydroxylation sites is 1. The standard InChI is InChI=1S/C16H28N2O2/c1-14(2)18(9-12-20-11-6-10-19-3)13-15-7-4-5-8-16(15)17/h4-5,7-8,14H,6,9-13,17H2,1-3H3. The summed E-state index contributed by atoms with van der Waals surface area (Å²) in [6.45, 7) is 8.44. The molecular weight excluding hydrogens is 252 g/mol. The van der Waals surface area contributed by atoms with Gasteiger partial charge < -0.3 is 15.2 Å². The third-order valence-corrected chi connectivity index (χ3v) is 3.32. The number of hydrogen-bond donors (Lipinski definition) is 1. The van der Waals surface area contributed by atoms with Gasteiger partial charge in [-0.25, -0.2) is 0 Å².